The average molecular weight is 453 g/mol. The Hall–Kier alpha value is -3.26. The first-order valence-corrected chi connectivity index (χ1v) is 11.6. The van der Waals surface area contributed by atoms with E-state index < -0.39 is 0 Å². The standard InChI is InChI=1S/C25H32N4O4/c1-4-31-22-14-18(15-23(32-5-2)24(22)26-17(3)30)16-29-12-10-19(11-13-29)27-25-28-20-8-6-7-9-21(20)33-25/h6-9,14-15,19H,4-5,10-13,16H2,1-3H3,(H,26,30)(H,27,28). The van der Waals surface area contributed by atoms with Crippen LogP contribution < -0.4 is 20.1 Å². The lowest BCUT2D eigenvalue weighted by Gasteiger charge is -2.32. The van der Waals surface area contributed by atoms with Gasteiger partial charge in [-0.1, -0.05) is 12.1 Å². The lowest BCUT2D eigenvalue weighted by Crippen LogP contribution is -2.38. The second-order valence-electron chi connectivity index (χ2n) is 8.20. The highest BCUT2D eigenvalue weighted by Gasteiger charge is 2.22. The molecule has 4 rings (SSSR count). The third-order valence-corrected chi connectivity index (χ3v) is 5.64. The van der Waals surface area contributed by atoms with E-state index >= 15 is 0 Å². The largest absolute Gasteiger partial charge is 0.492 e. The molecule has 1 saturated heterocycles. The molecular formula is C25H32N4O4. The highest BCUT2D eigenvalue weighted by Crippen LogP contribution is 2.37. The smallest absolute Gasteiger partial charge is 0.295 e. The normalized spacial score (nSPS) is 14.9. The molecule has 2 heterocycles. The highest BCUT2D eigenvalue weighted by atomic mass is 16.5. The molecule has 0 atom stereocenters. The Morgan fingerprint density at radius 2 is 1.79 bits per heavy atom. The zero-order chi connectivity index (χ0) is 23.2. The number of ether oxygens (including phenoxy) is 2. The molecule has 1 aliphatic rings. The maximum Gasteiger partial charge on any atom is 0.295 e. The van der Waals surface area contributed by atoms with Gasteiger partial charge < -0.3 is 24.5 Å². The van der Waals surface area contributed by atoms with Crippen molar-refractivity contribution < 1.29 is 18.7 Å². The van der Waals surface area contributed by atoms with Crippen LogP contribution in [0.4, 0.5) is 11.7 Å². The zero-order valence-electron chi connectivity index (χ0n) is 19.5. The Morgan fingerprint density at radius 1 is 1.12 bits per heavy atom. The van der Waals surface area contributed by atoms with Crippen molar-refractivity contribution in [3.8, 4) is 11.5 Å². The number of para-hydroxylation sites is 2. The number of aromatic nitrogens is 1. The van der Waals surface area contributed by atoms with Gasteiger partial charge in [0.1, 0.15) is 22.7 Å². The third-order valence-electron chi connectivity index (χ3n) is 5.64. The maximum absolute atomic E-state index is 11.7. The number of carbonyl (C=O) groups excluding carboxylic acids is 1. The number of benzene rings is 2. The maximum atomic E-state index is 11.7. The monoisotopic (exact) mass is 452 g/mol. The fourth-order valence-corrected chi connectivity index (χ4v) is 4.18. The predicted molar refractivity (Wildman–Crippen MR) is 129 cm³/mol. The minimum atomic E-state index is -0.154. The first kappa shape index (κ1) is 22.9. The number of amides is 1. The zero-order valence-corrected chi connectivity index (χ0v) is 19.5. The van der Waals surface area contributed by atoms with Gasteiger partial charge in [-0.3, -0.25) is 9.69 Å². The van der Waals surface area contributed by atoms with Gasteiger partial charge in [-0.05, 0) is 56.5 Å². The molecule has 0 aliphatic carbocycles. The van der Waals surface area contributed by atoms with E-state index in [1.807, 2.05) is 50.2 Å². The van der Waals surface area contributed by atoms with E-state index in [2.05, 4.69) is 20.5 Å². The Morgan fingerprint density at radius 3 is 2.39 bits per heavy atom. The van der Waals surface area contributed by atoms with E-state index in [-0.39, 0.29) is 5.91 Å². The van der Waals surface area contributed by atoms with Crippen molar-refractivity contribution in [2.45, 2.75) is 46.2 Å². The van der Waals surface area contributed by atoms with Gasteiger partial charge in [0.05, 0.1) is 13.2 Å². The van der Waals surface area contributed by atoms with Gasteiger partial charge in [-0.15, -0.1) is 0 Å². The van der Waals surface area contributed by atoms with Crippen LogP contribution in [0.2, 0.25) is 0 Å². The van der Waals surface area contributed by atoms with Crippen molar-refractivity contribution in [3.63, 3.8) is 0 Å². The van der Waals surface area contributed by atoms with Crippen molar-refractivity contribution in [3.05, 3.63) is 42.0 Å². The number of anilines is 2. The number of piperidine rings is 1. The van der Waals surface area contributed by atoms with E-state index in [1.54, 1.807) is 0 Å². The molecule has 0 unspecified atom stereocenters. The number of nitrogens with zero attached hydrogens (tertiary/aromatic N) is 2. The number of oxazole rings is 1. The Kier molecular flexibility index (Phi) is 7.34. The third kappa shape index (κ3) is 5.76. The molecular weight excluding hydrogens is 420 g/mol. The molecule has 3 aromatic rings. The molecule has 0 radical (unpaired) electrons. The molecule has 1 amide bonds. The van der Waals surface area contributed by atoms with E-state index in [4.69, 9.17) is 13.9 Å². The molecule has 8 nitrogen and oxygen atoms in total. The predicted octanol–water partition coefficient (Wildman–Crippen LogP) is 4.66. The summed E-state index contributed by atoms with van der Waals surface area (Å²) >= 11 is 0. The quantitative estimate of drug-likeness (QED) is 0.488. The van der Waals surface area contributed by atoms with Crippen molar-refractivity contribution in [2.75, 3.05) is 36.9 Å². The summed E-state index contributed by atoms with van der Waals surface area (Å²) in [5.41, 5.74) is 3.36. The van der Waals surface area contributed by atoms with Gasteiger partial charge in [-0.25, -0.2) is 0 Å². The minimum Gasteiger partial charge on any atom is -0.492 e. The molecule has 1 aliphatic heterocycles. The Labute approximate surface area is 194 Å². The lowest BCUT2D eigenvalue weighted by molar-refractivity contribution is -0.114. The fraction of sp³-hybridized carbons (Fsp3) is 0.440. The molecule has 0 saturated carbocycles. The van der Waals surface area contributed by atoms with Crippen LogP contribution in [0.3, 0.4) is 0 Å². The van der Waals surface area contributed by atoms with Crippen LogP contribution in [-0.4, -0.2) is 48.1 Å². The molecule has 0 spiro atoms. The summed E-state index contributed by atoms with van der Waals surface area (Å²) < 4.78 is 17.5. The molecule has 1 aromatic heterocycles. The van der Waals surface area contributed by atoms with Gasteiger partial charge in [0.15, 0.2) is 5.58 Å². The number of fused-ring (bicyclic) bond motifs is 1. The van der Waals surface area contributed by atoms with Gasteiger partial charge in [0.2, 0.25) is 5.91 Å². The van der Waals surface area contributed by atoms with Crippen LogP contribution >= 0.6 is 0 Å². The first-order chi connectivity index (χ1) is 16.1. The molecule has 1 fully saturated rings. The molecule has 8 heteroatoms. The van der Waals surface area contributed by atoms with E-state index in [0.717, 1.165) is 49.1 Å². The van der Waals surface area contributed by atoms with Crippen LogP contribution in [0.25, 0.3) is 11.1 Å². The van der Waals surface area contributed by atoms with Crippen LogP contribution in [0.1, 0.15) is 39.2 Å². The van der Waals surface area contributed by atoms with Crippen LogP contribution in [0, 0.1) is 0 Å². The van der Waals surface area contributed by atoms with Crippen molar-refractivity contribution in [1.29, 1.82) is 0 Å². The van der Waals surface area contributed by atoms with Crippen LogP contribution in [0.15, 0.2) is 40.8 Å². The Bertz CT molecular complexity index is 1030. The fourth-order valence-electron chi connectivity index (χ4n) is 4.18. The summed E-state index contributed by atoms with van der Waals surface area (Å²) in [5.74, 6) is 1.13. The molecule has 33 heavy (non-hydrogen) atoms. The van der Waals surface area contributed by atoms with Gasteiger partial charge in [0, 0.05) is 32.6 Å². The van der Waals surface area contributed by atoms with Gasteiger partial charge >= 0.3 is 0 Å². The first-order valence-electron chi connectivity index (χ1n) is 11.6. The second-order valence-corrected chi connectivity index (χ2v) is 8.20. The Balaban J connectivity index is 1.40. The van der Waals surface area contributed by atoms with E-state index in [9.17, 15) is 4.79 Å². The number of hydrogen-bond donors (Lipinski definition) is 2. The minimum absolute atomic E-state index is 0.154. The van der Waals surface area contributed by atoms with Crippen molar-refractivity contribution in [1.82, 2.24) is 9.88 Å². The van der Waals surface area contributed by atoms with Crippen molar-refractivity contribution in [2.24, 2.45) is 0 Å². The summed E-state index contributed by atoms with van der Waals surface area (Å²) in [6.07, 6.45) is 2.00. The van der Waals surface area contributed by atoms with Crippen LogP contribution in [0.5, 0.6) is 11.5 Å². The number of likely N-dealkylation sites (tertiary alicyclic amines) is 1. The molecule has 176 valence electrons. The van der Waals surface area contributed by atoms with Gasteiger partial charge in [0.25, 0.3) is 6.01 Å². The summed E-state index contributed by atoms with van der Waals surface area (Å²) in [4.78, 5) is 18.6. The summed E-state index contributed by atoms with van der Waals surface area (Å²) in [6.45, 7) is 9.06. The highest BCUT2D eigenvalue weighted by molar-refractivity contribution is 5.92. The molecule has 2 N–H and O–H groups in total. The number of rotatable bonds is 9. The molecule has 2 aromatic carbocycles. The topological polar surface area (TPSA) is 88.9 Å². The van der Waals surface area contributed by atoms with Gasteiger partial charge in [-0.2, -0.15) is 4.98 Å². The molecule has 0 bridgehead atoms. The summed E-state index contributed by atoms with van der Waals surface area (Å²) in [7, 11) is 0. The second kappa shape index (κ2) is 10.6. The van der Waals surface area contributed by atoms with E-state index in [1.165, 1.54) is 6.92 Å². The van der Waals surface area contributed by atoms with Crippen molar-refractivity contribution >= 4 is 28.7 Å². The number of carbonyl (C=O) groups is 1. The van der Waals surface area contributed by atoms with Crippen LogP contribution in [-0.2, 0) is 11.3 Å². The number of nitrogens with one attached hydrogen (secondary N) is 2. The SMILES string of the molecule is CCOc1cc(CN2CCC(Nc3nc4ccccc4o3)CC2)cc(OCC)c1NC(C)=O. The number of hydrogen-bond acceptors (Lipinski definition) is 7. The summed E-state index contributed by atoms with van der Waals surface area (Å²) in [5, 5.41) is 6.30. The average Bonchev–Trinajstić information content (AvgIpc) is 3.20. The van der Waals surface area contributed by atoms with E-state index in [0.29, 0.717) is 42.5 Å². The lowest BCUT2D eigenvalue weighted by atomic mass is 10.0. The summed E-state index contributed by atoms with van der Waals surface area (Å²) in [6, 6.07) is 12.7.